The summed E-state index contributed by atoms with van der Waals surface area (Å²) in [6.07, 6.45) is 0. The molecule has 4 nitrogen and oxygen atoms in total. The first kappa shape index (κ1) is 12.1. The standard InChI is InChI=1S/C10H16BBrN2O2/c1-6-13-7(8(12)14-6)11-15-9(2,3)10(4,5)16-11/h1-5H3,(H,13,14). The molecule has 0 atom stereocenters. The fourth-order valence-corrected chi connectivity index (χ4v) is 2.15. The van der Waals surface area contributed by atoms with Gasteiger partial charge in [-0.1, -0.05) is 0 Å². The lowest BCUT2D eigenvalue weighted by molar-refractivity contribution is 0.00578. The fraction of sp³-hybridized carbons (Fsp3) is 0.700. The topological polar surface area (TPSA) is 47.1 Å². The van der Waals surface area contributed by atoms with Crippen LogP contribution in [0, 0.1) is 6.92 Å². The van der Waals surface area contributed by atoms with E-state index in [0.29, 0.717) is 0 Å². The number of aromatic nitrogens is 2. The van der Waals surface area contributed by atoms with Gasteiger partial charge in [0.25, 0.3) is 0 Å². The molecule has 0 aliphatic carbocycles. The summed E-state index contributed by atoms with van der Waals surface area (Å²) in [5.74, 6) is 0.844. The Kier molecular flexibility index (Phi) is 2.72. The SMILES string of the molecule is Cc1nc(Br)c(B2OC(C)(C)C(C)(C)O2)[nH]1. The second-order valence-corrected chi connectivity index (χ2v) is 5.87. The number of imidazole rings is 1. The molecular weight excluding hydrogens is 271 g/mol. The minimum Gasteiger partial charge on any atom is -0.398 e. The molecule has 16 heavy (non-hydrogen) atoms. The number of nitrogens with one attached hydrogen (secondary N) is 1. The highest BCUT2D eigenvalue weighted by molar-refractivity contribution is 9.10. The second-order valence-electron chi connectivity index (χ2n) is 5.11. The Morgan fingerprint density at radius 1 is 1.19 bits per heavy atom. The largest absolute Gasteiger partial charge is 0.515 e. The number of nitrogens with zero attached hydrogens (tertiary/aromatic N) is 1. The van der Waals surface area contributed by atoms with Gasteiger partial charge in [0.15, 0.2) is 0 Å². The summed E-state index contributed by atoms with van der Waals surface area (Å²) in [5.41, 5.74) is 0.197. The van der Waals surface area contributed by atoms with Crippen molar-refractivity contribution < 1.29 is 9.31 Å². The van der Waals surface area contributed by atoms with Gasteiger partial charge in [0, 0.05) is 0 Å². The molecule has 0 radical (unpaired) electrons. The molecule has 0 saturated carbocycles. The second kappa shape index (κ2) is 3.58. The number of hydrogen-bond acceptors (Lipinski definition) is 3. The first-order chi connectivity index (χ1) is 7.23. The molecule has 0 amide bonds. The van der Waals surface area contributed by atoms with Gasteiger partial charge < -0.3 is 14.3 Å². The highest BCUT2D eigenvalue weighted by Crippen LogP contribution is 2.36. The van der Waals surface area contributed by atoms with E-state index in [9.17, 15) is 0 Å². The summed E-state index contributed by atoms with van der Waals surface area (Å²) in [5, 5.41) is 0. The number of aromatic amines is 1. The summed E-state index contributed by atoms with van der Waals surface area (Å²) in [6.45, 7) is 10.0. The average Bonchev–Trinajstić information content (AvgIpc) is 2.51. The molecule has 1 aliphatic heterocycles. The summed E-state index contributed by atoms with van der Waals surface area (Å²) >= 11 is 3.40. The van der Waals surface area contributed by atoms with Gasteiger partial charge in [0.2, 0.25) is 0 Å². The maximum Gasteiger partial charge on any atom is 0.515 e. The number of aryl methyl sites for hydroxylation is 1. The third-order valence-electron chi connectivity index (χ3n) is 3.29. The van der Waals surface area contributed by atoms with Gasteiger partial charge in [-0.25, -0.2) is 4.98 Å². The van der Waals surface area contributed by atoms with Crippen LogP contribution in [0.4, 0.5) is 0 Å². The zero-order valence-electron chi connectivity index (χ0n) is 10.2. The summed E-state index contributed by atoms with van der Waals surface area (Å²) < 4.78 is 12.6. The Morgan fingerprint density at radius 2 is 1.69 bits per heavy atom. The van der Waals surface area contributed by atoms with Crippen LogP contribution in [0.5, 0.6) is 0 Å². The van der Waals surface area contributed by atoms with Crippen molar-refractivity contribution in [2.75, 3.05) is 0 Å². The van der Waals surface area contributed by atoms with Crippen LogP contribution < -0.4 is 5.59 Å². The molecule has 1 aromatic heterocycles. The smallest absolute Gasteiger partial charge is 0.398 e. The normalized spacial score (nSPS) is 22.8. The number of hydrogen-bond donors (Lipinski definition) is 1. The predicted octanol–water partition coefficient (Wildman–Crippen LogP) is 1.78. The van der Waals surface area contributed by atoms with Gasteiger partial charge in [0.05, 0.1) is 16.8 Å². The molecule has 1 saturated heterocycles. The molecule has 1 fully saturated rings. The molecule has 6 heteroatoms. The maximum atomic E-state index is 5.92. The molecular formula is C10H16BBrN2O2. The van der Waals surface area contributed by atoms with Crippen molar-refractivity contribution >= 4 is 28.6 Å². The summed E-state index contributed by atoms with van der Waals surface area (Å²) in [4.78, 5) is 7.41. The van der Waals surface area contributed by atoms with Crippen LogP contribution in [0.15, 0.2) is 4.60 Å². The van der Waals surface area contributed by atoms with Crippen molar-refractivity contribution in [3.8, 4) is 0 Å². The Labute approximate surface area is 104 Å². The van der Waals surface area contributed by atoms with E-state index in [1.807, 2.05) is 34.6 Å². The van der Waals surface area contributed by atoms with Gasteiger partial charge in [-0.2, -0.15) is 0 Å². The molecule has 2 heterocycles. The molecule has 0 unspecified atom stereocenters. The highest BCUT2D eigenvalue weighted by Gasteiger charge is 2.53. The lowest BCUT2D eigenvalue weighted by Gasteiger charge is -2.32. The van der Waals surface area contributed by atoms with Gasteiger partial charge >= 0.3 is 7.12 Å². The molecule has 0 bridgehead atoms. The Hall–Kier alpha value is -0.325. The summed E-state index contributed by atoms with van der Waals surface area (Å²) in [7, 11) is -0.388. The van der Waals surface area contributed by atoms with Crippen LogP contribution in [0.1, 0.15) is 33.5 Å². The van der Waals surface area contributed by atoms with Crippen molar-refractivity contribution in [2.45, 2.75) is 45.8 Å². The number of H-pyrrole nitrogens is 1. The molecule has 1 aliphatic rings. The van der Waals surface area contributed by atoms with Gasteiger partial charge in [-0.3, -0.25) is 0 Å². The number of rotatable bonds is 1. The lowest BCUT2D eigenvalue weighted by atomic mass is 9.86. The summed E-state index contributed by atoms with van der Waals surface area (Å²) in [6, 6.07) is 0. The third-order valence-corrected chi connectivity index (χ3v) is 3.90. The average molecular weight is 287 g/mol. The highest BCUT2D eigenvalue weighted by atomic mass is 79.9. The van der Waals surface area contributed by atoms with Crippen molar-refractivity contribution in [1.82, 2.24) is 9.97 Å². The van der Waals surface area contributed by atoms with Gasteiger partial charge in [-0.05, 0) is 50.5 Å². The predicted molar refractivity (Wildman–Crippen MR) is 66.7 cm³/mol. The first-order valence-corrected chi connectivity index (χ1v) is 6.10. The van der Waals surface area contributed by atoms with Crippen LogP contribution in [0.25, 0.3) is 0 Å². The zero-order valence-corrected chi connectivity index (χ0v) is 11.8. The quantitative estimate of drug-likeness (QED) is 0.801. The Bertz CT molecular complexity index is 401. The molecule has 2 rings (SSSR count). The molecule has 0 spiro atoms. The minimum atomic E-state index is -0.388. The van der Waals surface area contributed by atoms with Gasteiger partial charge in [0.1, 0.15) is 10.4 Å². The van der Waals surface area contributed by atoms with Crippen LogP contribution in [0.3, 0.4) is 0 Å². The van der Waals surface area contributed by atoms with E-state index in [4.69, 9.17) is 9.31 Å². The Balaban J connectivity index is 2.30. The van der Waals surface area contributed by atoms with Crippen molar-refractivity contribution in [1.29, 1.82) is 0 Å². The van der Waals surface area contributed by atoms with Gasteiger partial charge in [-0.15, -0.1) is 0 Å². The third kappa shape index (κ3) is 1.83. The van der Waals surface area contributed by atoms with Crippen molar-refractivity contribution in [3.63, 3.8) is 0 Å². The zero-order chi connectivity index (χ0) is 12.1. The van der Waals surface area contributed by atoms with E-state index >= 15 is 0 Å². The van der Waals surface area contributed by atoms with Crippen LogP contribution in [-0.2, 0) is 9.31 Å². The maximum absolute atomic E-state index is 5.92. The first-order valence-electron chi connectivity index (χ1n) is 5.30. The van der Waals surface area contributed by atoms with Crippen LogP contribution >= 0.6 is 15.9 Å². The minimum absolute atomic E-state index is 0.323. The van der Waals surface area contributed by atoms with E-state index in [-0.39, 0.29) is 18.3 Å². The number of halogens is 1. The van der Waals surface area contributed by atoms with Crippen molar-refractivity contribution in [3.05, 3.63) is 10.4 Å². The van der Waals surface area contributed by atoms with E-state index < -0.39 is 0 Å². The van der Waals surface area contributed by atoms with E-state index in [1.165, 1.54) is 0 Å². The van der Waals surface area contributed by atoms with E-state index in [0.717, 1.165) is 16.0 Å². The van der Waals surface area contributed by atoms with E-state index in [1.54, 1.807) is 0 Å². The fourth-order valence-electron chi connectivity index (χ4n) is 1.60. The lowest BCUT2D eigenvalue weighted by Crippen LogP contribution is -2.41. The molecule has 88 valence electrons. The van der Waals surface area contributed by atoms with Crippen molar-refractivity contribution in [2.24, 2.45) is 0 Å². The Morgan fingerprint density at radius 3 is 2.06 bits per heavy atom. The molecule has 1 N–H and O–H groups in total. The van der Waals surface area contributed by atoms with E-state index in [2.05, 4.69) is 25.9 Å². The van der Waals surface area contributed by atoms with Crippen LogP contribution in [0.2, 0.25) is 0 Å². The van der Waals surface area contributed by atoms with Crippen LogP contribution in [-0.4, -0.2) is 28.3 Å². The monoisotopic (exact) mass is 286 g/mol. The molecule has 0 aromatic carbocycles. The molecule has 1 aromatic rings.